The molecular formula is C11H14NO5S-. The van der Waals surface area contributed by atoms with Crippen LogP contribution in [0, 0.1) is 5.92 Å². The van der Waals surface area contributed by atoms with Crippen molar-refractivity contribution in [2.24, 2.45) is 5.92 Å². The van der Waals surface area contributed by atoms with Gasteiger partial charge in [-0.3, -0.25) is 9.00 Å². The van der Waals surface area contributed by atoms with Gasteiger partial charge in [0.25, 0.3) is 0 Å². The first-order valence-corrected chi connectivity index (χ1v) is 6.40. The van der Waals surface area contributed by atoms with Gasteiger partial charge in [0.15, 0.2) is 0 Å². The molecule has 3 N–H and O–H groups in total. The molecule has 0 fully saturated rings. The average molecular weight is 272 g/mol. The summed E-state index contributed by atoms with van der Waals surface area (Å²) >= 11 is -2.57. The molecule has 0 saturated carbocycles. The number of phenols is 1. The summed E-state index contributed by atoms with van der Waals surface area (Å²) in [5.41, 5.74) is 0.492. The van der Waals surface area contributed by atoms with Crippen molar-refractivity contribution < 1.29 is 23.8 Å². The monoisotopic (exact) mass is 272 g/mol. The maximum Gasteiger partial charge on any atom is 0.308 e. The molecule has 0 bridgehead atoms. The molecular weight excluding hydrogens is 258 g/mol. The van der Waals surface area contributed by atoms with E-state index in [0.717, 1.165) is 0 Å². The molecule has 3 atom stereocenters. The third-order valence-corrected chi connectivity index (χ3v) is 3.08. The summed E-state index contributed by atoms with van der Waals surface area (Å²) in [6, 6.07) is 4.89. The molecule has 0 spiro atoms. The number of phenolic OH excluding ortho intramolecular Hbond substituents is 1. The fourth-order valence-electron chi connectivity index (χ4n) is 1.72. The van der Waals surface area contributed by atoms with E-state index in [2.05, 4.69) is 4.72 Å². The number of aromatic hydroxyl groups is 1. The van der Waals surface area contributed by atoms with Crippen LogP contribution < -0.4 is 4.72 Å². The number of carboxylic acid groups (broad SMARTS) is 1. The molecule has 1 aromatic carbocycles. The third kappa shape index (κ3) is 3.80. The van der Waals surface area contributed by atoms with Crippen LogP contribution in [0.3, 0.4) is 0 Å². The number of nitrogens with one attached hydrogen (secondary N) is 1. The van der Waals surface area contributed by atoms with E-state index < -0.39 is 29.2 Å². The van der Waals surface area contributed by atoms with E-state index in [0.29, 0.717) is 5.56 Å². The van der Waals surface area contributed by atoms with Crippen LogP contribution in [-0.4, -0.2) is 24.9 Å². The highest BCUT2D eigenvalue weighted by Crippen LogP contribution is 2.26. The van der Waals surface area contributed by atoms with Gasteiger partial charge in [-0.05, 0) is 24.1 Å². The van der Waals surface area contributed by atoms with Crippen molar-refractivity contribution in [3.8, 4) is 5.75 Å². The summed E-state index contributed by atoms with van der Waals surface area (Å²) < 4.78 is 23.7. The van der Waals surface area contributed by atoms with Crippen molar-refractivity contribution in [3.05, 3.63) is 29.8 Å². The Morgan fingerprint density at radius 1 is 1.44 bits per heavy atom. The molecule has 0 aliphatic heterocycles. The van der Waals surface area contributed by atoms with E-state index in [1.807, 2.05) is 0 Å². The van der Waals surface area contributed by atoms with Crippen LogP contribution >= 0.6 is 0 Å². The van der Waals surface area contributed by atoms with Crippen molar-refractivity contribution in [2.45, 2.75) is 19.4 Å². The zero-order valence-electron chi connectivity index (χ0n) is 9.70. The topological polar surface area (TPSA) is 110 Å². The maximum absolute atomic E-state index is 11.1. The van der Waals surface area contributed by atoms with Crippen molar-refractivity contribution in [1.29, 1.82) is 0 Å². The Morgan fingerprint density at radius 3 is 2.39 bits per heavy atom. The molecule has 0 aliphatic carbocycles. The predicted octanol–water partition coefficient (Wildman–Crippen LogP) is 0.928. The standard InChI is InChI=1S/C11H15NO5S/c1-2-9(11(14)15)10(12-18(16)17)7-3-5-8(13)6-4-7/h3-6,9-10,12-13H,2H2,1H3,(H,14,15)(H,16,17)/p-1. The highest BCUT2D eigenvalue weighted by Gasteiger charge is 2.27. The Hall–Kier alpha value is -1.44. The summed E-state index contributed by atoms with van der Waals surface area (Å²) in [5.74, 6) is -1.91. The molecule has 0 radical (unpaired) electrons. The summed E-state index contributed by atoms with van der Waals surface area (Å²) in [4.78, 5) is 11.1. The van der Waals surface area contributed by atoms with Gasteiger partial charge in [0.05, 0.1) is 12.0 Å². The van der Waals surface area contributed by atoms with E-state index in [-0.39, 0.29) is 12.2 Å². The molecule has 0 amide bonds. The number of benzene rings is 1. The number of aliphatic carboxylic acids is 1. The average Bonchev–Trinajstić information content (AvgIpc) is 2.28. The third-order valence-electron chi connectivity index (χ3n) is 2.63. The van der Waals surface area contributed by atoms with Crippen LogP contribution in [0.4, 0.5) is 0 Å². The zero-order valence-corrected chi connectivity index (χ0v) is 10.5. The van der Waals surface area contributed by atoms with E-state index in [9.17, 15) is 13.6 Å². The molecule has 18 heavy (non-hydrogen) atoms. The van der Waals surface area contributed by atoms with Crippen molar-refractivity contribution >= 4 is 17.2 Å². The van der Waals surface area contributed by atoms with Gasteiger partial charge in [-0.2, -0.15) is 0 Å². The van der Waals surface area contributed by atoms with Crippen molar-refractivity contribution in [3.63, 3.8) is 0 Å². The summed E-state index contributed by atoms with van der Waals surface area (Å²) in [5, 5.41) is 18.2. The lowest BCUT2D eigenvalue weighted by Crippen LogP contribution is -2.33. The van der Waals surface area contributed by atoms with Gasteiger partial charge in [-0.25, -0.2) is 4.72 Å². The minimum Gasteiger partial charge on any atom is -0.760 e. The van der Waals surface area contributed by atoms with Gasteiger partial charge < -0.3 is 14.8 Å². The van der Waals surface area contributed by atoms with Crippen molar-refractivity contribution in [1.82, 2.24) is 4.72 Å². The van der Waals surface area contributed by atoms with E-state index in [1.54, 1.807) is 6.92 Å². The minimum atomic E-state index is -2.57. The Bertz CT molecular complexity index is 434. The van der Waals surface area contributed by atoms with Crippen LogP contribution in [0.15, 0.2) is 24.3 Å². The fraction of sp³-hybridized carbons (Fsp3) is 0.364. The Kier molecular flexibility index (Phi) is 5.26. The molecule has 0 aromatic heterocycles. The second-order valence-electron chi connectivity index (χ2n) is 3.77. The maximum atomic E-state index is 11.1. The van der Waals surface area contributed by atoms with E-state index in [4.69, 9.17) is 10.2 Å². The van der Waals surface area contributed by atoms with Crippen LogP contribution in [0.1, 0.15) is 24.9 Å². The van der Waals surface area contributed by atoms with Gasteiger partial charge >= 0.3 is 5.97 Å². The van der Waals surface area contributed by atoms with Gasteiger partial charge in [0.2, 0.25) is 0 Å². The van der Waals surface area contributed by atoms with Crippen LogP contribution in [-0.2, 0) is 16.1 Å². The Labute approximate surface area is 107 Å². The number of hydrogen-bond acceptors (Lipinski definition) is 4. The lowest BCUT2D eigenvalue weighted by molar-refractivity contribution is -0.142. The van der Waals surface area contributed by atoms with Gasteiger partial charge in [-0.15, -0.1) is 0 Å². The molecule has 0 aliphatic rings. The first kappa shape index (κ1) is 14.6. The fourth-order valence-corrected chi connectivity index (χ4v) is 2.23. The molecule has 0 saturated heterocycles. The molecule has 7 heteroatoms. The van der Waals surface area contributed by atoms with Crippen molar-refractivity contribution in [2.75, 3.05) is 0 Å². The summed E-state index contributed by atoms with van der Waals surface area (Å²) in [6.07, 6.45) is 0.283. The van der Waals surface area contributed by atoms with Gasteiger partial charge in [-0.1, -0.05) is 19.1 Å². The van der Waals surface area contributed by atoms with E-state index in [1.165, 1.54) is 24.3 Å². The smallest absolute Gasteiger partial charge is 0.308 e. The quantitative estimate of drug-likeness (QED) is 0.667. The second-order valence-corrected chi connectivity index (χ2v) is 4.48. The molecule has 100 valence electrons. The van der Waals surface area contributed by atoms with Crippen LogP contribution in [0.2, 0.25) is 0 Å². The second kappa shape index (κ2) is 6.48. The Balaban J connectivity index is 3.07. The SMILES string of the molecule is CCC(C(=O)O)C(NS(=O)[O-])c1ccc(O)cc1. The number of rotatable bonds is 6. The highest BCUT2D eigenvalue weighted by atomic mass is 32.2. The summed E-state index contributed by atoms with van der Waals surface area (Å²) in [7, 11) is 0. The highest BCUT2D eigenvalue weighted by molar-refractivity contribution is 7.77. The number of carbonyl (C=O) groups is 1. The normalized spacial score (nSPS) is 15.9. The first-order valence-electron chi connectivity index (χ1n) is 5.32. The Morgan fingerprint density at radius 2 is 2.00 bits per heavy atom. The predicted molar refractivity (Wildman–Crippen MR) is 64.3 cm³/mol. The molecule has 1 rings (SSSR count). The molecule has 6 nitrogen and oxygen atoms in total. The summed E-state index contributed by atoms with van der Waals surface area (Å²) in [6.45, 7) is 1.67. The van der Waals surface area contributed by atoms with Crippen LogP contribution in [0.5, 0.6) is 5.75 Å². The molecule has 3 unspecified atom stereocenters. The molecule has 1 aromatic rings. The zero-order chi connectivity index (χ0) is 13.7. The molecule has 0 heterocycles. The van der Waals surface area contributed by atoms with Gasteiger partial charge in [0.1, 0.15) is 5.75 Å². The first-order chi connectivity index (χ1) is 8.45. The van der Waals surface area contributed by atoms with Gasteiger partial charge in [0, 0.05) is 11.3 Å². The lowest BCUT2D eigenvalue weighted by atomic mass is 9.92. The van der Waals surface area contributed by atoms with E-state index >= 15 is 0 Å². The number of carboxylic acids is 1. The largest absolute Gasteiger partial charge is 0.760 e. The number of hydrogen-bond donors (Lipinski definition) is 3. The minimum absolute atomic E-state index is 0.0316. The lowest BCUT2D eigenvalue weighted by Gasteiger charge is -2.25. The van der Waals surface area contributed by atoms with Crippen LogP contribution in [0.25, 0.3) is 0 Å².